The van der Waals surface area contributed by atoms with Crippen molar-refractivity contribution in [1.29, 1.82) is 0 Å². The molecule has 3 aromatic carbocycles. The van der Waals surface area contributed by atoms with Crippen LogP contribution in [0, 0.1) is 0 Å². The lowest BCUT2D eigenvalue weighted by molar-refractivity contribution is 0.102. The molecule has 0 aliphatic rings. The third-order valence-corrected chi connectivity index (χ3v) is 5.33. The Morgan fingerprint density at radius 2 is 1.68 bits per heavy atom. The number of hydrogen-bond acceptors (Lipinski definition) is 3. The van der Waals surface area contributed by atoms with Gasteiger partial charge in [0.1, 0.15) is 11.6 Å². The van der Waals surface area contributed by atoms with Gasteiger partial charge in [-0.3, -0.25) is 4.79 Å². The first-order valence-electron chi connectivity index (χ1n) is 10.8. The summed E-state index contributed by atoms with van der Waals surface area (Å²) in [5.41, 5.74) is 4.74. The average molecular weight is 414 g/mol. The van der Waals surface area contributed by atoms with E-state index in [4.69, 9.17) is 9.72 Å². The number of ether oxygens (including phenoxy) is 1. The second-order valence-corrected chi connectivity index (χ2v) is 7.34. The standard InChI is InChI=1S/C26H27N3O2/c1-3-29-23-11-7-6-10-22(23)28-25(29)18-15-19-13-16-20(17-14-19)27-26(30)21-9-5-8-12-24(21)31-4-2/h5-14,16-17H,3-4,15,18H2,1-2H3,(H,27,30). The summed E-state index contributed by atoms with van der Waals surface area (Å²) in [6, 6.07) is 23.6. The molecule has 0 spiro atoms. The minimum absolute atomic E-state index is 0.173. The number of benzene rings is 3. The number of carbonyl (C=O) groups excluding carboxylic acids is 1. The molecule has 4 aromatic rings. The van der Waals surface area contributed by atoms with Crippen molar-refractivity contribution in [2.45, 2.75) is 33.2 Å². The summed E-state index contributed by atoms with van der Waals surface area (Å²) in [6.45, 7) is 5.48. The monoisotopic (exact) mass is 413 g/mol. The number of aromatic nitrogens is 2. The predicted molar refractivity (Wildman–Crippen MR) is 125 cm³/mol. The van der Waals surface area contributed by atoms with Crippen molar-refractivity contribution in [3.63, 3.8) is 0 Å². The van der Waals surface area contributed by atoms with Crippen LogP contribution >= 0.6 is 0 Å². The number of nitrogens with zero attached hydrogens (tertiary/aromatic N) is 2. The zero-order valence-corrected chi connectivity index (χ0v) is 18.0. The minimum atomic E-state index is -0.173. The van der Waals surface area contributed by atoms with Crippen molar-refractivity contribution in [2.75, 3.05) is 11.9 Å². The van der Waals surface area contributed by atoms with E-state index in [-0.39, 0.29) is 5.91 Å². The van der Waals surface area contributed by atoms with Crippen LogP contribution in [0.2, 0.25) is 0 Å². The molecular weight excluding hydrogens is 386 g/mol. The topological polar surface area (TPSA) is 56.1 Å². The highest BCUT2D eigenvalue weighted by molar-refractivity contribution is 6.06. The third-order valence-electron chi connectivity index (χ3n) is 5.33. The lowest BCUT2D eigenvalue weighted by Gasteiger charge is -2.11. The number of rotatable bonds is 8. The van der Waals surface area contributed by atoms with Crippen LogP contribution in [-0.2, 0) is 19.4 Å². The van der Waals surface area contributed by atoms with Crippen molar-refractivity contribution in [1.82, 2.24) is 9.55 Å². The van der Waals surface area contributed by atoms with Crippen molar-refractivity contribution in [3.8, 4) is 5.75 Å². The number of fused-ring (bicyclic) bond motifs is 1. The molecule has 0 saturated heterocycles. The largest absolute Gasteiger partial charge is 0.493 e. The number of imidazole rings is 1. The molecule has 1 heterocycles. The van der Waals surface area contributed by atoms with Gasteiger partial charge in [0.15, 0.2) is 0 Å². The SMILES string of the molecule is CCOc1ccccc1C(=O)Nc1ccc(CCc2nc3ccccc3n2CC)cc1. The van der Waals surface area contributed by atoms with Crippen LogP contribution < -0.4 is 10.1 Å². The van der Waals surface area contributed by atoms with E-state index >= 15 is 0 Å². The zero-order valence-electron chi connectivity index (χ0n) is 18.0. The second kappa shape index (κ2) is 9.47. The van der Waals surface area contributed by atoms with Crippen molar-refractivity contribution < 1.29 is 9.53 Å². The van der Waals surface area contributed by atoms with Gasteiger partial charge < -0.3 is 14.6 Å². The number of hydrogen-bond donors (Lipinski definition) is 1. The number of nitrogens with one attached hydrogen (secondary N) is 1. The normalized spacial score (nSPS) is 10.9. The number of carbonyl (C=O) groups is 1. The highest BCUT2D eigenvalue weighted by atomic mass is 16.5. The van der Waals surface area contributed by atoms with Crippen LogP contribution in [0.25, 0.3) is 11.0 Å². The van der Waals surface area contributed by atoms with E-state index in [0.717, 1.165) is 36.4 Å². The second-order valence-electron chi connectivity index (χ2n) is 7.34. The van der Waals surface area contributed by atoms with Gasteiger partial charge in [-0.1, -0.05) is 36.4 Å². The molecule has 0 radical (unpaired) electrons. The number of amides is 1. The summed E-state index contributed by atoms with van der Waals surface area (Å²) in [5, 5.41) is 2.96. The summed E-state index contributed by atoms with van der Waals surface area (Å²) in [7, 11) is 0. The Bertz CT molecular complexity index is 1180. The van der Waals surface area contributed by atoms with Crippen molar-refractivity contribution >= 4 is 22.6 Å². The molecule has 4 rings (SSSR count). The number of aryl methyl sites for hydroxylation is 3. The van der Waals surface area contributed by atoms with E-state index < -0.39 is 0 Å². The predicted octanol–water partition coefficient (Wildman–Crippen LogP) is 5.49. The van der Waals surface area contributed by atoms with Gasteiger partial charge in [0.25, 0.3) is 5.91 Å². The van der Waals surface area contributed by atoms with Gasteiger partial charge in [-0.05, 0) is 62.2 Å². The molecule has 1 amide bonds. The van der Waals surface area contributed by atoms with Crippen LogP contribution in [0.1, 0.15) is 35.6 Å². The van der Waals surface area contributed by atoms with E-state index in [0.29, 0.717) is 17.9 Å². The molecule has 0 fully saturated rings. The average Bonchev–Trinajstić information content (AvgIpc) is 3.16. The molecule has 0 unspecified atom stereocenters. The van der Waals surface area contributed by atoms with Crippen molar-refractivity contribution in [2.24, 2.45) is 0 Å². The minimum Gasteiger partial charge on any atom is -0.493 e. The Kier molecular flexibility index (Phi) is 6.32. The molecular formula is C26H27N3O2. The maximum absolute atomic E-state index is 12.7. The molecule has 0 saturated carbocycles. The van der Waals surface area contributed by atoms with Crippen LogP contribution in [-0.4, -0.2) is 22.1 Å². The Labute approximate surface area is 182 Å². The van der Waals surface area contributed by atoms with Crippen LogP contribution in [0.15, 0.2) is 72.8 Å². The Morgan fingerprint density at radius 3 is 2.45 bits per heavy atom. The van der Waals surface area contributed by atoms with Crippen LogP contribution in [0.3, 0.4) is 0 Å². The first-order valence-corrected chi connectivity index (χ1v) is 10.8. The third kappa shape index (κ3) is 4.61. The molecule has 0 aliphatic heterocycles. The van der Waals surface area contributed by atoms with E-state index in [1.54, 1.807) is 6.07 Å². The molecule has 0 aliphatic carbocycles. The van der Waals surface area contributed by atoms with E-state index in [1.165, 1.54) is 11.1 Å². The van der Waals surface area contributed by atoms with Crippen LogP contribution in [0.5, 0.6) is 5.75 Å². The maximum atomic E-state index is 12.7. The highest BCUT2D eigenvalue weighted by Crippen LogP contribution is 2.21. The Balaban J connectivity index is 1.42. The number of anilines is 1. The first-order chi connectivity index (χ1) is 15.2. The fourth-order valence-electron chi connectivity index (χ4n) is 3.81. The summed E-state index contributed by atoms with van der Waals surface area (Å²) >= 11 is 0. The summed E-state index contributed by atoms with van der Waals surface area (Å²) in [5.74, 6) is 1.53. The Morgan fingerprint density at radius 1 is 0.935 bits per heavy atom. The lowest BCUT2D eigenvalue weighted by Crippen LogP contribution is -2.13. The lowest BCUT2D eigenvalue weighted by atomic mass is 10.1. The fourth-order valence-corrected chi connectivity index (χ4v) is 3.81. The van der Waals surface area contributed by atoms with Crippen molar-refractivity contribution in [3.05, 3.63) is 89.7 Å². The summed E-state index contributed by atoms with van der Waals surface area (Å²) in [6.07, 6.45) is 1.76. The first kappa shape index (κ1) is 20.7. The molecule has 5 nitrogen and oxygen atoms in total. The van der Waals surface area contributed by atoms with Gasteiger partial charge in [-0.25, -0.2) is 4.98 Å². The highest BCUT2D eigenvalue weighted by Gasteiger charge is 2.12. The fraction of sp³-hybridized carbons (Fsp3) is 0.231. The molecule has 1 aromatic heterocycles. The van der Waals surface area contributed by atoms with Gasteiger partial charge in [-0.2, -0.15) is 0 Å². The molecule has 5 heteroatoms. The maximum Gasteiger partial charge on any atom is 0.259 e. The molecule has 158 valence electrons. The summed E-state index contributed by atoms with van der Waals surface area (Å²) < 4.78 is 7.84. The van der Waals surface area contributed by atoms with Gasteiger partial charge in [-0.15, -0.1) is 0 Å². The smallest absolute Gasteiger partial charge is 0.259 e. The quantitative estimate of drug-likeness (QED) is 0.415. The van der Waals surface area contributed by atoms with Gasteiger partial charge in [0.2, 0.25) is 0 Å². The molecule has 31 heavy (non-hydrogen) atoms. The van der Waals surface area contributed by atoms with Gasteiger partial charge in [0, 0.05) is 18.7 Å². The van der Waals surface area contributed by atoms with E-state index in [2.05, 4.69) is 47.1 Å². The van der Waals surface area contributed by atoms with Crippen LogP contribution in [0.4, 0.5) is 5.69 Å². The number of para-hydroxylation sites is 3. The van der Waals surface area contributed by atoms with Gasteiger partial charge in [0.05, 0.1) is 23.2 Å². The zero-order chi connectivity index (χ0) is 21.6. The molecule has 0 bridgehead atoms. The molecule has 1 N–H and O–H groups in total. The van der Waals surface area contributed by atoms with E-state index in [1.807, 2.05) is 43.3 Å². The molecule has 0 atom stereocenters. The van der Waals surface area contributed by atoms with Gasteiger partial charge >= 0.3 is 0 Å². The van der Waals surface area contributed by atoms with E-state index in [9.17, 15) is 4.79 Å². The summed E-state index contributed by atoms with van der Waals surface area (Å²) in [4.78, 5) is 17.5. The Hall–Kier alpha value is -3.60.